The summed E-state index contributed by atoms with van der Waals surface area (Å²) in [5.41, 5.74) is 5.75. The Hall–Kier alpha value is -2.72. The first-order valence-corrected chi connectivity index (χ1v) is 8.64. The lowest BCUT2D eigenvalue weighted by atomic mass is 9.94. The minimum Gasteiger partial charge on any atom is -0.352 e. The second kappa shape index (κ2) is 7.90. The molecule has 0 aliphatic carbocycles. The quantitative estimate of drug-likeness (QED) is 0.666. The Morgan fingerprint density at radius 3 is 2.48 bits per heavy atom. The number of anilines is 1. The summed E-state index contributed by atoms with van der Waals surface area (Å²) in [6.45, 7) is 4.24. The van der Waals surface area contributed by atoms with E-state index in [4.69, 9.17) is 12.2 Å². The van der Waals surface area contributed by atoms with Gasteiger partial charge in [0, 0.05) is 6.20 Å². The predicted octanol–water partition coefficient (Wildman–Crippen LogP) is 4.77. The van der Waals surface area contributed by atoms with Crippen molar-refractivity contribution in [3.8, 4) is 0 Å². The van der Waals surface area contributed by atoms with Crippen molar-refractivity contribution in [2.45, 2.75) is 19.9 Å². The standard InChI is InChI=1S/C21H21N3S/c1-15-10-11-19(16(2)13-15)20(17-7-4-3-5-8-17)24-21(25)23-18-9-6-12-22-14-18/h3-14,20H,1-2H3,(H2,23,24,25). The molecule has 0 aliphatic rings. The van der Waals surface area contributed by atoms with E-state index in [-0.39, 0.29) is 6.04 Å². The lowest BCUT2D eigenvalue weighted by molar-refractivity contribution is 0.762. The minimum atomic E-state index is -0.0153. The number of thiocarbonyl (C=S) groups is 1. The van der Waals surface area contributed by atoms with Crippen LogP contribution in [-0.4, -0.2) is 10.1 Å². The smallest absolute Gasteiger partial charge is 0.171 e. The van der Waals surface area contributed by atoms with Crippen LogP contribution in [0.1, 0.15) is 28.3 Å². The highest BCUT2D eigenvalue weighted by Crippen LogP contribution is 2.26. The molecule has 0 saturated carbocycles. The van der Waals surface area contributed by atoms with Crippen LogP contribution in [0.25, 0.3) is 0 Å². The number of hydrogen-bond acceptors (Lipinski definition) is 2. The molecule has 4 heteroatoms. The Bertz CT molecular complexity index is 848. The van der Waals surface area contributed by atoms with Gasteiger partial charge in [-0.05, 0) is 54.9 Å². The summed E-state index contributed by atoms with van der Waals surface area (Å²) in [6.07, 6.45) is 3.49. The fraction of sp³-hybridized carbons (Fsp3) is 0.143. The third-order valence-electron chi connectivity index (χ3n) is 4.06. The van der Waals surface area contributed by atoms with Crippen LogP contribution in [0.15, 0.2) is 73.1 Å². The molecule has 0 saturated heterocycles. The molecule has 0 radical (unpaired) electrons. The van der Waals surface area contributed by atoms with E-state index in [1.807, 2.05) is 30.3 Å². The Morgan fingerprint density at radius 1 is 1.00 bits per heavy atom. The van der Waals surface area contributed by atoms with Crippen LogP contribution < -0.4 is 10.6 Å². The van der Waals surface area contributed by atoms with Crippen molar-refractivity contribution in [2.24, 2.45) is 0 Å². The molecule has 2 aromatic carbocycles. The monoisotopic (exact) mass is 347 g/mol. The number of hydrogen-bond donors (Lipinski definition) is 2. The summed E-state index contributed by atoms with van der Waals surface area (Å²) in [7, 11) is 0. The molecule has 1 unspecified atom stereocenters. The largest absolute Gasteiger partial charge is 0.352 e. The number of aryl methyl sites for hydroxylation is 2. The number of nitrogens with zero attached hydrogens (tertiary/aromatic N) is 1. The summed E-state index contributed by atoms with van der Waals surface area (Å²) in [5.74, 6) is 0. The first-order valence-electron chi connectivity index (χ1n) is 8.23. The molecule has 3 rings (SSSR count). The molecule has 2 N–H and O–H groups in total. The fourth-order valence-electron chi connectivity index (χ4n) is 2.87. The minimum absolute atomic E-state index is 0.0153. The van der Waals surface area contributed by atoms with Crippen LogP contribution in [0.4, 0.5) is 5.69 Å². The van der Waals surface area contributed by atoms with Gasteiger partial charge in [-0.3, -0.25) is 4.98 Å². The molecule has 1 atom stereocenters. The number of nitrogens with one attached hydrogen (secondary N) is 2. The normalized spacial score (nSPS) is 11.6. The van der Waals surface area contributed by atoms with Gasteiger partial charge in [0.25, 0.3) is 0 Å². The first kappa shape index (κ1) is 17.1. The van der Waals surface area contributed by atoms with Crippen LogP contribution in [0.3, 0.4) is 0 Å². The molecule has 25 heavy (non-hydrogen) atoms. The van der Waals surface area contributed by atoms with E-state index in [0.29, 0.717) is 5.11 Å². The zero-order chi connectivity index (χ0) is 17.6. The molecular weight excluding hydrogens is 326 g/mol. The Kier molecular flexibility index (Phi) is 5.41. The lowest BCUT2D eigenvalue weighted by Gasteiger charge is -2.23. The second-order valence-electron chi connectivity index (χ2n) is 6.04. The third kappa shape index (κ3) is 4.43. The van der Waals surface area contributed by atoms with Crippen molar-refractivity contribution in [3.05, 3.63) is 95.3 Å². The van der Waals surface area contributed by atoms with Crippen LogP contribution in [0, 0.1) is 13.8 Å². The van der Waals surface area contributed by atoms with Gasteiger partial charge in [0.2, 0.25) is 0 Å². The lowest BCUT2D eigenvalue weighted by Crippen LogP contribution is -2.33. The van der Waals surface area contributed by atoms with Gasteiger partial charge in [0.1, 0.15) is 0 Å². The SMILES string of the molecule is Cc1ccc(C(NC(=S)Nc2cccnc2)c2ccccc2)c(C)c1. The average molecular weight is 347 g/mol. The molecule has 1 aromatic heterocycles. The van der Waals surface area contributed by atoms with Gasteiger partial charge in [-0.2, -0.15) is 0 Å². The molecule has 0 aliphatic heterocycles. The fourth-order valence-corrected chi connectivity index (χ4v) is 3.11. The van der Waals surface area contributed by atoms with E-state index >= 15 is 0 Å². The first-order chi connectivity index (χ1) is 12.1. The van der Waals surface area contributed by atoms with Crippen molar-refractivity contribution in [1.29, 1.82) is 0 Å². The summed E-state index contributed by atoms with van der Waals surface area (Å²) in [5, 5.41) is 7.22. The van der Waals surface area contributed by atoms with Crippen LogP contribution >= 0.6 is 12.2 Å². The van der Waals surface area contributed by atoms with Crippen molar-refractivity contribution in [2.75, 3.05) is 5.32 Å². The molecule has 126 valence electrons. The summed E-state index contributed by atoms with van der Waals surface area (Å²) in [6, 6.07) is 20.7. The maximum Gasteiger partial charge on any atom is 0.171 e. The Labute approximate surface area is 154 Å². The van der Waals surface area contributed by atoms with Crippen molar-refractivity contribution >= 4 is 23.0 Å². The van der Waals surface area contributed by atoms with Gasteiger partial charge < -0.3 is 10.6 Å². The van der Waals surface area contributed by atoms with Gasteiger partial charge >= 0.3 is 0 Å². The summed E-state index contributed by atoms with van der Waals surface area (Å²) < 4.78 is 0. The number of benzene rings is 2. The van der Waals surface area contributed by atoms with Gasteiger partial charge in [-0.25, -0.2) is 0 Å². The molecule has 3 aromatic rings. The second-order valence-corrected chi connectivity index (χ2v) is 6.45. The van der Waals surface area contributed by atoms with Crippen LogP contribution in [-0.2, 0) is 0 Å². The van der Waals surface area contributed by atoms with E-state index in [1.165, 1.54) is 22.3 Å². The van der Waals surface area contributed by atoms with Gasteiger partial charge in [-0.15, -0.1) is 0 Å². The topological polar surface area (TPSA) is 37.0 Å². The van der Waals surface area contributed by atoms with E-state index in [9.17, 15) is 0 Å². The van der Waals surface area contributed by atoms with Gasteiger partial charge in [-0.1, -0.05) is 54.1 Å². The predicted molar refractivity (Wildman–Crippen MR) is 108 cm³/mol. The van der Waals surface area contributed by atoms with Crippen LogP contribution in [0.2, 0.25) is 0 Å². The zero-order valence-corrected chi connectivity index (χ0v) is 15.2. The highest BCUT2D eigenvalue weighted by molar-refractivity contribution is 7.80. The average Bonchev–Trinajstić information content (AvgIpc) is 2.62. The van der Waals surface area contributed by atoms with E-state index in [0.717, 1.165) is 5.69 Å². The van der Waals surface area contributed by atoms with E-state index in [1.54, 1.807) is 12.4 Å². The summed E-state index contributed by atoms with van der Waals surface area (Å²) >= 11 is 5.53. The molecule has 0 fully saturated rings. The van der Waals surface area contributed by atoms with E-state index < -0.39 is 0 Å². The van der Waals surface area contributed by atoms with Crippen molar-refractivity contribution in [1.82, 2.24) is 10.3 Å². The maximum atomic E-state index is 5.53. The van der Waals surface area contributed by atoms with Crippen molar-refractivity contribution < 1.29 is 0 Å². The highest BCUT2D eigenvalue weighted by Gasteiger charge is 2.17. The molecule has 3 nitrogen and oxygen atoms in total. The highest BCUT2D eigenvalue weighted by atomic mass is 32.1. The Morgan fingerprint density at radius 2 is 1.80 bits per heavy atom. The molecular formula is C21H21N3S. The Balaban J connectivity index is 1.88. The van der Waals surface area contributed by atoms with Gasteiger partial charge in [0.05, 0.1) is 17.9 Å². The van der Waals surface area contributed by atoms with Gasteiger partial charge in [0.15, 0.2) is 5.11 Å². The maximum absolute atomic E-state index is 5.53. The zero-order valence-electron chi connectivity index (χ0n) is 14.4. The summed E-state index contributed by atoms with van der Waals surface area (Å²) in [4.78, 5) is 4.11. The molecule has 1 heterocycles. The number of aromatic nitrogens is 1. The number of pyridine rings is 1. The third-order valence-corrected chi connectivity index (χ3v) is 4.28. The molecule has 0 amide bonds. The molecule has 0 spiro atoms. The van der Waals surface area contributed by atoms with Crippen LogP contribution in [0.5, 0.6) is 0 Å². The number of rotatable bonds is 4. The molecule has 0 bridgehead atoms. The van der Waals surface area contributed by atoms with E-state index in [2.05, 4.69) is 59.8 Å². The van der Waals surface area contributed by atoms with Crippen molar-refractivity contribution in [3.63, 3.8) is 0 Å².